The average Bonchev–Trinajstić information content (AvgIpc) is 2.93. The second kappa shape index (κ2) is 11.1. The van der Waals surface area contributed by atoms with Gasteiger partial charge in [-0.25, -0.2) is 18.2 Å². The maximum absolute atomic E-state index is 12.5. The number of nitrogens with one attached hydrogen (secondary N) is 1. The zero-order valence-electron chi connectivity index (χ0n) is 20.6. The Labute approximate surface area is 218 Å². The highest BCUT2D eigenvalue weighted by Gasteiger charge is 2.25. The van der Waals surface area contributed by atoms with E-state index in [0.717, 1.165) is 0 Å². The molecule has 0 aliphatic carbocycles. The fourth-order valence-corrected chi connectivity index (χ4v) is 4.05. The van der Waals surface area contributed by atoms with Gasteiger partial charge < -0.3 is 19.3 Å². The normalized spacial score (nSPS) is 11.0. The fraction of sp³-hybridized carbons (Fsp3) is 0.160. The molecule has 0 saturated carbocycles. The maximum atomic E-state index is 12.5. The topological polar surface area (TPSA) is 163 Å². The Balaban J connectivity index is 2.05. The summed E-state index contributed by atoms with van der Waals surface area (Å²) in [6, 6.07) is 14.0. The molecule has 38 heavy (non-hydrogen) atoms. The molecule has 0 spiro atoms. The molecule has 2 aromatic heterocycles. The van der Waals surface area contributed by atoms with E-state index in [1.54, 1.807) is 36.4 Å². The number of sulfonamides is 1. The first-order valence-corrected chi connectivity index (χ1v) is 12.8. The number of rotatable bonds is 10. The van der Waals surface area contributed by atoms with Crippen molar-refractivity contribution in [2.45, 2.75) is 6.92 Å². The molecule has 4 aromatic rings. The lowest BCUT2D eigenvalue weighted by Gasteiger charge is -2.18. The lowest BCUT2D eigenvalue weighted by molar-refractivity contribution is 0.0697. The average molecular weight is 538 g/mol. The second-order valence-electron chi connectivity index (χ2n) is 7.67. The van der Waals surface area contributed by atoms with Gasteiger partial charge in [0.1, 0.15) is 11.4 Å². The van der Waals surface area contributed by atoms with Gasteiger partial charge in [0.05, 0.1) is 31.2 Å². The number of aromatic carboxylic acids is 1. The third kappa shape index (κ3) is 5.62. The van der Waals surface area contributed by atoms with Gasteiger partial charge in [0.2, 0.25) is 15.8 Å². The molecular weight excluding hydrogens is 514 g/mol. The van der Waals surface area contributed by atoms with Gasteiger partial charge in [0.15, 0.2) is 17.3 Å². The smallest absolute Gasteiger partial charge is 0.335 e. The zero-order valence-corrected chi connectivity index (χ0v) is 21.4. The van der Waals surface area contributed by atoms with Crippen LogP contribution in [0.25, 0.3) is 22.8 Å². The van der Waals surface area contributed by atoms with E-state index in [9.17, 15) is 18.3 Å². The van der Waals surface area contributed by atoms with E-state index in [4.69, 9.17) is 14.2 Å². The van der Waals surface area contributed by atoms with Gasteiger partial charge in [-0.3, -0.25) is 4.72 Å². The molecule has 0 fully saturated rings. The number of benzene rings is 2. The van der Waals surface area contributed by atoms with E-state index in [1.807, 2.05) is 0 Å². The van der Waals surface area contributed by atoms with Crippen LogP contribution in [0.5, 0.6) is 23.1 Å². The summed E-state index contributed by atoms with van der Waals surface area (Å²) >= 11 is 0. The van der Waals surface area contributed by atoms with Gasteiger partial charge in [-0.05, 0) is 49.4 Å². The molecule has 0 bridgehead atoms. The Morgan fingerprint density at radius 3 is 2.39 bits per heavy atom. The van der Waals surface area contributed by atoms with Gasteiger partial charge in [0, 0.05) is 11.8 Å². The summed E-state index contributed by atoms with van der Waals surface area (Å²) in [5, 5.41) is 17.6. The number of hydrogen-bond acceptors (Lipinski definition) is 10. The zero-order chi connectivity index (χ0) is 27.3. The number of carboxylic acids is 1. The Bertz CT molecular complexity index is 1580. The van der Waals surface area contributed by atoms with Gasteiger partial charge in [-0.1, -0.05) is 12.1 Å². The third-order valence-electron chi connectivity index (χ3n) is 5.28. The molecule has 2 heterocycles. The van der Waals surface area contributed by atoms with Crippen molar-refractivity contribution in [1.82, 2.24) is 20.2 Å². The number of aromatic nitrogens is 4. The Morgan fingerprint density at radius 2 is 1.76 bits per heavy atom. The van der Waals surface area contributed by atoms with Crippen LogP contribution in [-0.2, 0) is 10.0 Å². The number of ether oxygens (including phenoxy) is 3. The van der Waals surface area contributed by atoms with Crippen LogP contribution in [0.2, 0.25) is 0 Å². The van der Waals surface area contributed by atoms with Crippen molar-refractivity contribution in [1.29, 1.82) is 0 Å². The highest BCUT2D eigenvalue weighted by Crippen LogP contribution is 2.44. The molecule has 2 N–H and O–H groups in total. The van der Waals surface area contributed by atoms with Crippen LogP contribution in [0.1, 0.15) is 17.3 Å². The summed E-state index contributed by atoms with van der Waals surface area (Å²) in [7, 11) is -0.907. The quantitative estimate of drug-likeness (QED) is 0.302. The molecule has 0 radical (unpaired) electrons. The third-order valence-corrected chi connectivity index (χ3v) is 6.57. The van der Waals surface area contributed by atoms with Crippen molar-refractivity contribution in [2.24, 2.45) is 0 Å². The molecule has 0 saturated heterocycles. The number of hydrogen-bond donors (Lipinski definition) is 2. The van der Waals surface area contributed by atoms with Crippen LogP contribution in [0.3, 0.4) is 0 Å². The SMILES string of the molecule is CCS(=O)(=O)Nc1ccc(C(=O)O)cc1-c1nc(-c2cccnn2)nc(OC)c1Oc1ccccc1OC. The standard InChI is InChI=1S/C25H23N5O7S/c1-4-38(33,34)30-17-12-11-15(25(31)32)14-16(17)21-22(37-20-10-6-5-9-19(20)35-2)24(36-3)28-23(27-21)18-8-7-13-26-29-18/h5-14,30H,4H2,1-3H3,(H,31,32). The molecule has 0 aliphatic heterocycles. The summed E-state index contributed by atoms with van der Waals surface area (Å²) in [6.07, 6.45) is 1.48. The van der Waals surface area contributed by atoms with Crippen LogP contribution < -0.4 is 18.9 Å². The molecule has 0 aliphatic rings. The first-order chi connectivity index (χ1) is 18.3. The van der Waals surface area contributed by atoms with Crippen LogP contribution in [0, 0.1) is 0 Å². The van der Waals surface area contributed by atoms with Crippen LogP contribution in [0.15, 0.2) is 60.8 Å². The van der Waals surface area contributed by atoms with Gasteiger partial charge >= 0.3 is 5.97 Å². The number of carbonyl (C=O) groups is 1. The van der Waals surface area contributed by atoms with Crippen molar-refractivity contribution >= 4 is 21.7 Å². The molecule has 196 valence electrons. The van der Waals surface area contributed by atoms with E-state index in [-0.39, 0.29) is 51.5 Å². The molecule has 12 nitrogen and oxygen atoms in total. The lowest BCUT2D eigenvalue weighted by atomic mass is 10.0. The summed E-state index contributed by atoms with van der Waals surface area (Å²) in [5.41, 5.74) is 0.410. The van der Waals surface area contributed by atoms with Crippen molar-refractivity contribution in [2.75, 3.05) is 24.7 Å². The molecule has 2 aromatic carbocycles. The van der Waals surface area contributed by atoms with E-state index in [2.05, 4.69) is 24.9 Å². The van der Waals surface area contributed by atoms with Gasteiger partial charge in [-0.2, -0.15) is 10.1 Å². The minimum absolute atomic E-state index is 0.0101. The summed E-state index contributed by atoms with van der Waals surface area (Å²) in [6.45, 7) is 1.48. The predicted octanol–water partition coefficient (Wildman–Crippen LogP) is 3.87. The van der Waals surface area contributed by atoms with Crippen molar-refractivity contribution in [3.63, 3.8) is 0 Å². The summed E-state index contributed by atoms with van der Waals surface area (Å²) in [5.74, 6) is -0.702. The predicted molar refractivity (Wildman–Crippen MR) is 138 cm³/mol. The molecular formula is C25H23N5O7S. The number of carboxylic acid groups (broad SMARTS) is 1. The van der Waals surface area contributed by atoms with E-state index in [1.165, 1.54) is 45.5 Å². The van der Waals surface area contributed by atoms with Gasteiger partial charge in [0.25, 0.3) is 5.88 Å². The van der Waals surface area contributed by atoms with Crippen molar-refractivity contribution in [3.05, 3.63) is 66.4 Å². The second-order valence-corrected chi connectivity index (χ2v) is 9.68. The van der Waals surface area contributed by atoms with Crippen LogP contribution >= 0.6 is 0 Å². The highest BCUT2D eigenvalue weighted by atomic mass is 32.2. The summed E-state index contributed by atoms with van der Waals surface area (Å²) < 4.78 is 44.6. The monoisotopic (exact) mass is 537 g/mol. The van der Waals surface area contributed by atoms with Crippen LogP contribution in [-0.4, -0.2) is 59.6 Å². The molecule has 13 heteroatoms. The maximum Gasteiger partial charge on any atom is 0.335 e. The van der Waals surface area contributed by atoms with E-state index >= 15 is 0 Å². The molecule has 4 rings (SSSR count). The highest BCUT2D eigenvalue weighted by molar-refractivity contribution is 7.92. The molecule has 0 unspecified atom stereocenters. The molecule has 0 amide bonds. The van der Waals surface area contributed by atoms with E-state index in [0.29, 0.717) is 11.4 Å². The number of para-hydroxylation sites is 2. The van der Waals surface area contributed by atoms with Crippen molar-refractivity contribution < 1.29 is 32.5 Å². The molecule has 0 atom stereocenters. The Kier molecular flexibility index (Phi) is 7.67. The number of anilines is 1. The number of methoxy groups -OCH3 is 2. The van der Waals surface area contributed by atoms with Crippen LogP contribution in [0.4, 0.5) is 5.69 Å². The first kappa shape index (κ1) is 26.3. The lowest BCUT2D eigenvalue weighted by Crippen LogP contribution is -2.16. The largest absolute Gasteiger partial charge is 0.493 e. The fourth-order valence-electron chi connectivity index (χ4n) is 3.39. The Hall–Kier alpha value is -4.78. The van der Waals surface area contributed by atoms with Crippen molar-refractivity contribution in [3.8, 4) is 45.9 Å². The summed E-state index contributed by atoms with van der Waals surface area (Å²) in [4.78, 5) is 20.9. The minimum atomic E-state index is -3.75. The Morgan fingerprint density at radius 1 is 1.00 bits per heavy atom. The van der Waals surface area contributed by atoms with Gasteiger partial charge in [-0.15, -0.1) is 5.10 Å². The van der Waals surface area contributed by atoms with E-state index < -0.39 is 16.0 Å². The number of nitrogens with zero attached hydrogens (tertiary/aromatic N) is 4. The first-order valence-electron chi connectivity index (χ1n) is 11.2. The minimum Gasteiger partial charge on any atom is -0.493 e.